The highest BCUT2D eigenvalue weighted by Gasteiger charge is 2.29. The molecule has 1 saturated carbocycles. The van der Waals surface area contributed by atoms with Crippen molar-refractivity contribution in [3.05, 3.63) is 35.9 Å². The molecule has 1 amide bonds. The molecule has 3 rings (SSSR count). The molecule has 1 aliphatic heterocycles. The molecule has 5 heteroatoms. The van der Waals surface area contributed by atoms with E-state index in [9.17, 15) is 4.79 Å². The summed E-state index contributed by atoms with van der Waals surface area (Å²) in [6, 6.07) is 10.6. The van der Waals surface area contributed by atoms with Crippen molar-refractivity contribution in [1.29, 1.82) is 0 Å². The fraction of sp³-hybridized carbons (Fsp3) is 0.500. The Morgan fingerprint density at radius 1 is 1.33 bits per heavy atom. The number of hydrogen-bond acceptors (Lipinski definition) is 2. The van der Waals surface area contributed by atoms with Gasteiger partial charge >= 0.3 is 0 Å². The molecule has 2 fully saturated rings. The third-order valence-electron chi connectivity index (χ3n) is 3.96. The van der Waals surface area contributed by atoms with Crippen LogP contribution in [0.1, 0.15) is 24.8 Å². The second kappa shape index (κ2) is 6.16. The van der Waals surface area contributed by atoms with Crippen molar-refractivity contribution >= 4 is 11.9 Å². The number of nitrogens with two attached hydrogens (primary N) is 1. The fourth-order valence-electron chi connectivity index (χ4n) is 2.64. The van der Waals surface area contributed by atoms with Crippen molar-refractivity contribution in [1.82, 2.24) is 10.2 Å². The van der Waals surface area contributed by atoms with Crippen molar-refractivity contribution in [3.8, 4) is 0 Å². The lowest BCUT2D eigenvalue weighted by molar-refractivity contribution is -0.128. The maximum Gasteiger partial charge on any atom is 0.223 e. The van der Waals surface area contributed by atoms with Crippen LogP contribution in [0, 0.1) is 5.92 Å². The van der Waals surface area contributed by atoms with Crippen LogP contribution < -0.4 is 11.1 Å². The molecule has 2 aliphatic rings. The van der Waals surface area contributed by atoms with Crippen molar-refractivity contribution < 1.29 is 4.79 Å². The van der Waals surface area contributed by atoms with Crippen LogP contribution in [0.5, 0.6) is 0 Å². The molecule has 1 saturated heterocycles. The molecule has 0 radical (unpaired) electrons. The Bertz CT molecular complexity index is 524. The zero-order valence-corrected chi connectivity index (χ0v) is 12.2. The van der Waals surface area contributed by atoms with Crippen LogP contribution in [-0.4, -0.2) is 35.9 Å². The minimum Gasteiger partial charge on any atom is -0.370 e. The smallest absolute Gasteiger partial charge is 0.223 e. The summed E-state index contributed by atoms with van der Waals surface area (Å²) in [5.74, 6) is 1.01. The van der Waals surface area contributed by atoms with Crippen LogP contribution in [0.25, 0.3) is 0 Å². The Morgan fingerprint density at radius 3 is 2.81 bits per heavy atom. The first-order valence-corrected chi connectivity index (χ1v) is 7.59. The quantitative estimate of drug-likeness (QED) is 0.629. The van der Waals surface area contributed by atoms with E-state index in [4.69, 9.17) is 5.73 Å². The minimum atomic E-state index is 0.216. The molecule has 1 unspecified atom stereocenters. The topological polar surface area (TPSA) is 70.7 Å². The Morgan fingerprint density at radius 2 is 2.10 bits per heavy atom. The number of benzene rings is 1. The normalized spacial score (nSPS) is 22.7. The Balaban J connectivity index is 1.49. The van der Waals surface area contributed by atoms with E-state index >= 15 is 0 Å². The molecule has 1 aromatic rings. The van der Waals surface area contributed by atoms with E-state index in [0.29, 0.717) is 31.5 Å². The Kier molecular flexibility index (Phi) is 4.08. The number of nitrogens with zero attached hydrogens (tertiary/aromatic N) is 2. The summed E-state index contributed by atoms with van der Waals surface area (Å²) < 4.78 is 0. The molecule has 3 N–H and O–H groups in total. The lowest BCUT2D eigenvalue weighted by atomic mass is 10.1. The van der Waals surface area contributed by atoms with Gasteiger partial charge in [-0.15, -0.1) is 0 Å². The number of rotatable bonds is 5. The van der Waals surface area contributed by atoms with Crippen LogP contribution in [0.2, 0.25) is 0 Å². The number of aliphatic imine (C=N–C) groups is 1. The number of hydrogen-bond donors (Lipinski definition) is 2. The first-order chi connectivity index (χ1) is 10.2. The lowest BCUT2D eigenvalue weighted by Gasteiger charge is -2.16. The maximum atomic E-state index is 12.1. The van der Waals surface area contributed by atoms with Gasteiger partial charge in [-0.2, -0.15) is 0 Å². The molecule has 1 heterocycles. The molecule has 0 bridgehead atoms. The van der Waals surface area contributed by atoms with Crippen LogP contribution in [0.3, 0.4) is 0 Å². The number of carbonyl (C=O) groups excluding carboxylic acids is 1. The van der Waals surface area contributed by atoms with Gasteiger partial charge in [0.1, 0.15) is 0 Å². The highest BCUT2D eigenvalue weighted by atomic mass is 16.2. The monoisotopic (exact) mass is 286 g/mol. The zero-order chi connectivity index (χ0) is 14.7. The molecule has 112 valence electrons. The highest BCUT2D eigenvalue weighted by molar-refractivity contribution is 5.80. The van der Waals surface area contributed by atoms with E-state index in [2.05, 4.69) is 22.4 Å². The summed E-state index contributed by atoms with van der Waals surface area (Å²) in [6.07, 6.45) is 2.94. The summed E-state index contributed by atoms with van der Waals surface area (Å²) in [7, 11) is 0. The average Bonchev–Trinajstić information content (AvgIpc) is 3.22. The van der Waals surface area contributed by atoms with Gasteiger partial charge in [-0.25, -0.2) is 0 Å². The summed E-state index contributed by atoms with van der Waals surface area (Å²) in [5.41, 5.74) is 7.00. The predicted molar refractivity (Wildman–Crippen MR) is 82.6 cm³/mol. The van der Waals surface area contributed by atoms with E-state index < -0.39 is 0 Å². The van der Waals surface area contributed by atoms with Gasteiger partial charge in [0.05, 0.1) is 0 Å². The molecule has 1 aromatic carbocycles. The summed E-state index contributed by atoms with van der Waals surface area (Å²) >= 11 is 0. The molecular weight excluding hydrogens is 264 g/mol. The Labute approximate surface area is 125 Å². The summed E-state index contributed by atoms with van der Waals surface area (Å²) in [5, 5.41) is 3.17. The van der Waals surface area contributed by atoms with Gasteiger partial charge in [0.25, 0.3) is 0 Å². The number of amides is 1. The third-order valence-corrected chi connectivity index (χ3v) is 3.96. The van der Waals surface area contributed by atoms with Crippen LogP contribution in [0.15, 0.2) is 35.3 Å². The summed E-state index contributed by atoms with van der Waals surface area (Å²) in [6.45, 7) is 2.09. The van der Waals surface area contributed by atoms with Crippen LogP contribution in [0.4, 0.5) is 0 Å². The third kappa shape index (κ3) is 3.97. The number of carbonyl (C=O) groups is 1. The van der Waals surface area contributed by atoms with Gasteiger partial charge in [-0.1, -0.05) is 30.3 Å². The van der Waals surface area contributed by atoms with Gasteiger partial charge in [-0.05, 0) is 18.4 Å². The molecular formula is C16H22N4O. The molecule has 0 aromatic heterocycles. The van der Waals surface area contributed by atoms with E-state index in [1.165, 1.54) is 18.4 Å². The number of likely N-dealkylation sites (tertiary alicyclic amines) is 1. The first kappa shape index (κ1) is 13.9. The van der Waals surface area contributed by atoms with Gasteiger partial charge in [-0.3, -0.25) is 9.79 Å². The highest BCUT2D eigenvalue weighted by Crippen LogP contribution is 2.21. The molecule has 5 nitrogen and oxygen atoms in total. The largest absolute Gasteiger partial charge is 0.370 e. The van der Waals surface area contributed by atoms with Crippen LogP contribution >= 0.6 is 0 Å². The zero-order valence-electron chi connectivity index (χ0n) is 12.2. The van der Waals surface area contributed by atoms with Gasteiger partial charge in [0, 0.05) is 38.0 Å². The molecule has 21 heavy (non-hydrogen) atoms. The summed E-state index contributed by atoms with van der Waals surface area (Å²) in [4.78, 5) is 18.3. The van der Waals surface area contributed by atoms with Crippen molar-refractivity contribution in [3.63, 3.8) is 0 Å². The second-order valence-corrected chi connectivity index (χ2v) is 5.97. The molecule has 1 atom stereocenters. The molecule has 0 spiro atoms. The average molecular weight is 286 g/mol. The van der Waals surface area contributed by atoms with Gasteiger partial charge in [0.2, 0.25) is 5.91 Å². The lowest BCUT2D eigenvalue weighted by Crippen LogP contribution is -2.34. The first-order valence-electron chi connectivity index (χ1n) is 7.59. The van der Waals surface area contributed by atoms with E-state index in [-0.39, 0.29) is 11.8 Å². The molecule has 1 aliphatic carbocycles. The standard InChI is InChI=1S/C16H22N4O/c17-16(19-14-6-7-14)18-9-13-8-15(21)20(11-13)10-12-4-2-1-3-5-12/h1-5,13-14H,6-11H2,(H3,17,18,19). The maximum absolute atomic E-state index is 12.1. The Hall–Kier alpha value is -2.04. The van der Waals surface area contributed by atoms with E-state index in [0.717, 1.165) is 6.54 Å². The van der Waals surface area contributed by atoms with Crippen molar-refractivity contribution in [2.45, 2.75) is 31.8 Å². The van der Waals surface area contributed by atoms with Crippen molar-refractivity contribution in [2.24, 2.45) is 16.6 Å². The van der Waals surface area contributed by atoms with E-state index in [1.807, 2.05) is 23.1 Å². The SMILES string of the molecule is NC(=NCC1CC(=O)N(Cc2ccccc2)C1)NC1CC1. The van der Waals surface area contributed by atoms with E-state index in [1.54, 1.807) is 0 Å². The second-order valence-electron chi connectivity index (χ2n) is 5.97. The van der Waals surface area contributed by atoms with Gasteiger partial charge in [0.15, 0.2) is 5.96 Å². The van der Waals surface area contributed by atoms with Crippen molar-refractivity contribution in [2.75, 3.05) is 13.1 Å². The number of nitrogens with one attached hydrogen (secondary N) is 1. The predicted octanol–water partition coefficient (Wildman–Crippen LogP) is 1.10. The minimum absolute atomic E-state index is 0.216. The fourth-order valence-corrected chi connectivity index (χ4v) is 2.64. The van der Waals surface area contributed by atoms with Gasteiger partial charge < -0.3 is 16.0 Å². The number of guanidine groups is 1. The van der Waals surface area contributed by atoms with Crippen LogP contribution in [-0.2, 0) is 11.3 Å².